The minimum absolute atomic E-state index is 0.361. The maximum atomic E-state index is 12.0. The van der Waals surface area contributed by atoms with Crippen molar-refractivity contribution in [3.05, 3.63) is 41.5 Å². The third-order valence-corrected chi connectivity index (χ3v) is 3.79. The van der Waals surface area contributed by atoms with Crippen molar-refractivity contribution < 1.29 is 14.6 Å². The first-order chi connectivity index (χ1) is 10.2. The minimum Gasteiger partial charge on any atom is -0.497 e. The number of ether oxygens (including phenoxy) is 1. The Morgan fingerprint density at radius 1 is 1.43 bits per heavy atom. The Bertz CT molecular complexity index is 511. The average molecular weight is 289 g/mol. The highest BCUT2D eigenvalue weighted by atomic mass is 16.5. The number of hydrogen-bond acceptors (Lipinski definition) is 3. The van der Waals surface area contributed by atoms with Gasteiger partial charge in [-0.3, -0.25) is 4.79 Å². The second kappa shape index (κ2) is 7.84. The van der Waals surface area contributed by atoms with Crippen LogP contribution in [0.4, 0.5) is 0 Å². The van der Waals surface area contributed by atoms with E-state index in [9.17, 15) is 9.90 Å². The van der Waals surface area contributed by atoms with Crippen molar-refractivity contribution in [3.8, 4) is 5.75 Å². The lowest BCUT2D eigenvalue weighted by Gasteiger charge is -2.15. The largest absolute Gasteiger partial charge is 0.497 e. The lowest BCUT2D eigenvalue weighted by molar-refractivity contribution is -0.129. The Kier molecular flexibility index (Phi) is 5.81. The first-order valence-corrected chi connectivity index (χ1v) is 7.48. The molecule has 0 bridgehead atoms. The fraction of sp³-hybridized carbons (Fsp3) is 0.471. The van der Waals surface area contributed by atoms with Crippen molar-refractivity contribution in [1.82, 2.24) is 5.32 Å². The zero-order valence-corrected chi connectivity index (χ0v) is 12.5. The second-order valence-corrected chi connectivity index (χ2v) is 5.33. The minimum atomic E-state index is -1.15. The van der Waals surface area contributed by atoms with Gasteiger partial charge in [0.2, 0.25) is 0 Å². The van der Waals surface area contributed by atoms with Crippen LogP contribution in [0.3, 0.4) is 0 Å². The Hall–Kier alpha value is -1.81. The molecule has 0 saturated heterocycles. The quantitative estimate of drug-likeness (QED) is 0.792. The van der Waals surface area contributed by atoms with Gasteiger partial charge in [-0.2, -0.15) is 0 Å². The van der Waals surface area contributed by atoms with E-state index in [0.29, 0.717) is 17.9 Å². The molecule has 114 valence electrons. The molecule has 1 aromatic rings. The number of benzene rings is 1. The third kappa shape index (κ3) is 4.60. The van der Waals surface area contributed by atoms with Crippen LogP contribution in [0.1, 0.15) is 43.8 Å². The van der Waals surface area contributed by atoms with Crippen LogP contribution in [0.2, 0.25) is 0 Å². The third-order valence-electron chi connectivity index (χ3n) is 3.79. The van der Waals surface area contributed by atoms with Crippen molar-refractivity contribution in [2.24, 2.45) is 0 Å². The van der Waals surface area contributed by atoms with Crippen LogP contribution in [-0.2, 0) is 4.79 Å². The molecule has 0 aromatic heterocycles. The molecule has 4 nitrogen and oxygen atoms in total. The molecule has 2 rings (SSSR count). The van der Waals surface area contributed by atoms with E-state index in [4.69, 9.17) is 4.74 Å². The summed E-state index contributed by atoms with van der Waals surface area (Å²) < 4.78 is 5.09. The zero-order valence-electron chi connectivity index (χ0n) is 12.5. The van der Waals surface area contributed by atoms with Gasteiger partial charge < -0.3 is 15.2 Å². The summed E-state index contributed by atoms with van der Waals surface area (Å²) in [6.07, 6.45) is 6.78. The van der Waals surface area contributed by atoms with Gasteiger partial charge in [0.05, 0.1) is 7.11 Å². The lowest BCUT2D eigenvalue weighted by atomic mass is 9.97. The molecule has 1 aromatic carbocycles. The Morgan fingerprint density at radius 3 is 3.00 bits per heavy atom. The molecule has 1 aliphatic rings. The van der Waals surface area contributed by atoms with Crippen LogP contribution in [-0.4, -0.2) is 24.7 Å². The van der Waals surface area contributed by atoms with E-state index >= 15 is 0 Å². The summed E-state index contributed by atoms with van der Waals surface area (Å²) in [6, 6.07) is 6.94. The number of allylic oxidation sites excluding steroid dienone is 1. The Morgan fingerprint density at radius 2 is 2.29 bits per heavy atom. The zero-order chi connectivity index (χ0) is 15.1. The van der Waals surface area contributed by atoms with Gasteiger partial charge in [-0.1, -0.05) is 23.8 Å². The molecule has 1 amide bonds. The Labute approximate surface area is 125 Å². The predicted molar refractivity (Wildman–Crippen MR) is 82.1 cm³/mol. The first-order valence-electron chi connectivity index (χ1n) is 7.48. The molecule has 21 heavy (non-hydrogen) atoms. The van der Waals surface area contributed by atoms with Crippen molar-refractivity contribution >= 4 is 5.91 Å². The molecule has 0 radical (unpaired) electrons. The molecule has 0 heterocycles. The normalized spacial score (nSPS) is 16.0. The topological polar surface area (TPSA) is 58.6 Å². The number of aliphatic hydroxyl groups is 1. The number of nitrogens with one attached hydrogen (secondary N) is 1. The number of methoxy groups -OCH3 is 1. The first kappa shape index (κ1) is 15.6. The molecule has 0 fully saturated rings. The van der Waals surface area contributed by atoms with E-state index in [-0.39, 0.29) is 5.91 Å². The lowest BCUT2D eigenvalue weighted by Crippen LogP contribution is -2.30. The maximum Gasteiger partial charge on any atom is 0.253 e. The molecule has 4 heteroatoms. The summed E-state index contributed by atoms with van der Waals surface area (Å²) in [5.74, 6) is 0.270. The molecule has 1 atom stereocenters. The fourth-order valence-electron chi connectivity index (χ4n) is 2.54. The monoisotopic (exact) mass is 289 g/mol. The maximum absolute atomic E-state index is 12.0. The number of carbonyl (C=O) groups is 1. The van der Waals surface area contributed by atoms with Crippen molar-refractivity contribution in [2.45, 2.75) is 38.2 Å². The van der Waals surface area contributed by atoms with Gasteiger partial charge in [0.25, 0.3) is 5.91 Å². The fourth-order valence-corrected chi connectivity index (χ4v) is 2.54. The molecule has 0 spiro atoms. The second-order valence-electron chi connectivity index (χ2n) is 5.33. The van der Waals surface area contributed by atoms with Crippen LogP contribution in [0.5, 0.6) is 5.75 Å². The van der Waals surface area contributed by atoms with Crippen molar-refractivity contribution in [3.63, 3.8) is 0 Å². The van der Waals surface area contributed by atoms with Crippen LogP contribution in [0.15, 0.2) is 35.9 Å². The molecule has 0 aliphatic heterocycles. The van der Waals surface area contributed by atoms with E-state index < -0.39 is 6.10 Å². The SMILES string of the molecule is COc1cccc(C(O)C(=O)NCCC2=CCCCC2)c1. The van der Waals surface area contributed by atoms with Crippen LogP contribution < -0.4 is 10.1 Å². The van der Waals surface area contributed by atoms with E-state index in [1.165, 1.54) is 18.4 Å². The van der Waals surface area contributed by atoms with Crippen molar-refractivity contribution in [2.75, 3.05) is 13.7 Å². The summed E-state index contributed by atoms with van der Waals surface area (Å²) >= 11 is 0. The number of amides is 1. The highest BCUT2D eigenvalue weighted by molar-refractivity contribution is 5.82. The predicted octanol–water partition coefficient (Wildman–Crippen LogP) is 2.74. The summed E-state index contributed by atoms with van der Waals surface area (Å²) in [6.45, 7) is 0.575. The van der Waals surface area contributed by atoms with Gasteiger partial charge in [0.1, 0.15) is 5.75 Å². The average Bonchev–Trinajstić information content (AvgIpc) is 2.55. The number of aliphatic hydroxyl groups excluding tert-OH is 1. The van der Waals surface area contributed by atoms with Gasteiger partial charge in [0, 0.05) is 6.54 Å². The summed E-state index contributed by atoms with van der Waals surface area (Å²) in [4.78, 5) is 12.0. The summed E-state index contributed by atoms with van der Waals surface area (Å²) in [5, 5.41) is 12.9. The van der Waals surface area contributed by atoms with Crippen molar-refractivity contribution in [1.29, 1.82) is 0 Å². The Balaban J connectivity index is 1.83. The highest BCUT2D eigenvalue weighted by Crippen LogP contribution is 2.21. The number of rotatable bonds is 6. The van der Waals surface area contributed by atoms with Gasteiger partial charge in [0.15, 0.2) is 6.10 Å². The van der Waals surface area contributed by atoms with Crippen LogP contribution >= 0.6 is 0 Å². The van der Waals surface area contributed by atoms with Gasteiger partial charge in [-0.05, 0) is 49.8 Å². The van der Waals surface area contributed by atoms with Gasteiger partial charge in [-0.25, -0.2) is 0 Å². The van der Waals surface area contributed by atoms with E-state index in [0.717, 1.165) is 19.3 Å². The smallest absolute Gasteiger partial charge is 0.253 e. The van der Waals surface area contributed by atoms with Crippen LogP contribution in [0, 0.1) is 0 Å². The van der Waals surface area contributed by atoms with E-state index in [2.05, 4.69) is 11.4 Å². The standard InChI is InChI=1S/C17H23NO3/c1-21-15-9-5-8-14(12-15)16(19)17(20)18-11-10-13-6-3-2-4-7-13/h5-6,8-9,12,16,19H,2-4,7,10-11H2,1H3,(H,18,20). The van der Waals surface area contributed by atoms with E-state index in [1.807, 2.05) is 0 Å². The summed E-state index contributed by atoms with van der Waals surface area (Å²) in [7, 11) is 1.56. The van der Waals surface area contributed by atoms with Gasteiger partial charge in [-0.15, -0.1) is 0 Å². The number of hydrogen-bond donors (Lipinski definition) is 2. The highest BCUT2D eigenvalue weighted by Gasteiger charge is 2.17. The molecule has 2 N–H and O–H groups in total. The molecule has 0 saturated carbocycles. The summed E-state index contributed by atoms with van der Waals surface area (Å²) in [5.41, 5.74) is 1.96. The molecular formula is C17H23NO3. The number of carbonyl (C=O) groups excluding carboxylic acids is 1. The molecule has 1 unspecified atom stereocenters. The molecule has 1 aliphatic carbocycles. The van der Waals surface area contributed by atoms with Gasteiger partial charge >= 0.3 is 0 Å². The van der Waals surface area contributed by atoms with E-state index in [1.54, 1.807) is 31.4 Å². The van der Waals surface area contributed by atoms with Crippen LogP contribution in [0.25, 0.3) is 0 Å². The molecular weight excluding hydrogens is 266 g/mol.